The third-order valence-corrected chi connectivity index (χ3v) is 3.97. The maximum atomic E-state index is 5.79. The molecule has 0 aliphatic carbocycles. The fourth-order valence-corrected chi connectivity index (χ4v) is 2.86. The van der Waals surface area contributed by atoms with E-state index < -0.39 is 0 Å². The Morgan fingerprint density at radius 3 is 2.37 bits per heavy atom. The highest BCUT2D eigenvalue weighted by Crippen LogP contribution is 2.23. The molecule has 0 aliphatic rings. The van der Waals surface area contributed by atoms with Crippen LogP contribution in [0.4, 0.5) is 0 Å². The summed E-state index contributed by atoms with van der Waals surface area (Å²) in [6.07, 6.45) is 1.91. The summed E-state index contributed by atoms with van der Waals surface area (Å²) >= 11 is 1.81. The molecule has 100 valence electrons. The lowest BCUT2D eigenvalue weighted by atomic mass is 10.1. The first-order chi connectivity index (χ1) is 9.04. The molecule has 1 aromatic heterocycles. The largest absolute Gasteiger partial charge is 0.323 e. The number of rotatable bonds is 4. The summed E-state index contributed by atoms with van der Waals surface area (Å²) < 4.78 is 0. The number of nitrogens with zero attached hydrogens (tertiary/aromatic N) is 1. The van der Waals surface area contributed by atoms with Gasteiger partial charge in [0.05, 0.1) is 5.69 Å². The second kappa shape index (κ2) is 6.22. The average Bonchev–Trinajstić information content (AvgIpc) is 2.36. The molecule has 0 aliphatic heterocycles. The van der Waals surface area contributed by atoms with Crippen molar-refractivity contribution >= 4 is 11.8 Å². The van der Waals surface area contributed by atoms with Gasteiger partial charge in [0.2, 0.25) is 0 Å². The van der Waals surface area contributed by atoms with Gasteiger partial charge in [-0.05, 0) is 38.5 Å². The molecule has 1 atom stereocenters. The molecule has 1 heterocycles. The van der Waals surface area contributed by atoms with Crippen molar-refractivity contribution in [3.8, 4) is 0 Å². The first-order valence-electron chi connectivity index (χ1n) is 6.46. The van der Waals surface area contributed by atoms with Crippen LogP contribution in [0.25, 0.3) is 0 Å². The van der Waals surface area contributed by atoms with Crippen molar-refractivity contribution in [1.29, 1.82) is 0 Å². The van der Waals surface area contributed by atoms with E-state index in [2.05, 4.69) is 43.1 Å². The Morgan fingerprint density at radius 1 is 1.16 bits per heavy atom. The predicted molar refractivity (Wildman–Crippen MR) is 82.3 cm³/mol. The quantitative estimate of drug-likeness (QED) is 0.855. The molecule has 2 N–H and O–H groups in total. The number of benzene rings is 1. The molecule has 1 unspecified atom stereocenters. The zero-order chi connectivity index (χ0) is 13.8. The minimum atomic E-state index is -0.00141. The van der Waals surface area contributed by atoms with E-state index in [-0.39, 0.29) is 6.04 Å². The molecule has 0 saturated heterocycles. The molecule has 19 heavy (non-hydrogen) atoms. The first kappa shape index (κ1) is 14.1. The minimum absolute atomic E-state index is 0.00141. The molecular weight excluding hydrogens is 252 g/mol. The summed E-state index contributed by atoms with van der Waals surface area (Å²) in [6, 6.07) is 10.8. The predicted octanol–water partition coefficient (Wildman–Crippen LogP) is 4.01. The van der Waals surface area contributed by atoms with Crippen LogP contribution in [0.3, 0.4) is 0 Å². The molecule has 2 rings (SSSR count). The molecule has 1 aromatic carbocycles. The van der Waals surface area contributed by atoms with Gasteiger partial charge in [-0.3, -0.25) is 4.98 Å². The molecule has 0 spiro atoms. The lowest BCUT2D eigenvalue weighted by molar-refractivity contribution is 0.777. The number of hydrogen-bond donors (Lipinski definition) is 1. The number of pyridine rings is 1. The van der Waals surface area contributed by atoms with E-state index >= 15 is 0 Å². The second-order valence-electron chi connectivity index (χ2n) is 4.99. The van der Waals surface area contributed by atoms with E-state index in [9.17, 15) is 0 Å². The fourth-order valence-electron chi connectivity index (χ4n) is 2.07. The average molecular weight is 272 g/mol. The van der Waals surface area contributed by atoms with Crippen LogP contribution < -0.4 is 5.73 Å². The van der Waals surface area contributed by atoms with Gasteiger partial charge in [-0.2, -0.15) is 0 Å². The van der Waals surface area contributed by atoms with Crippen LogP contribution in [0, 0.1) is 13.8 Å². The van der Waals surface area contributed by atoms with Crippen molar-refractivity contribution in [2.45, 2.75) is 37.5 Å². The van der Waals surface area contributed by atoms with Gasteiger partial charge in [0.15, 0.2) is 0 Å². The standard InChI is InChI=1S/C16H20N2S/c1-11-6-12(2)8-14(7-11)10-19-15-4-5-16(13(3)17)18-9-15/h4-9,13H,10,17H2,1-3H3. The van der Waals surface area contributed by atoms with E-state index in [0.29, 0.717) is 0 Å². The molecule has 0 saturated carbocycles. The second-order valence-corrected chi connectivity index (χ2v) is 6.04. The number of aryl methyl sites for hydroxylation is 2. The Labute approximate surface area is 119 Å². The maximum absolute atomic E-state index is 5.79. The normalized spacial score (nSPS) is 12.4. The first-order valence-corrected chi connectivity index (χ1v) is 7.44. The number of nitrogens with two attached hydrogens (primary N) is 1. The highest BCUT2D eigenvalue weighted by Gasteiger charge is 2.02. The Hall–Kier alpha value is -1.32. The Bertz CT molecular complexity index is 527. The van der Waals surface area contributed by atoms with Crippen LogP contribution in [0.15, 0.2) is 41.4 Å². The van der Waals surface area contributed by atoms with Crippen LogP contribution >= 0.6 is 11.8 Å². The van der Waals surface area contributed by atoms with Gasteiger partial charge >= 0.3 is 0 Å². The zero-order valence-corrected chi connectivity index (χ0v) is 12.5. The lowest BCUT2D eigenvalue weighted by Crippen LogP contribution is -2.06. The SMILES string of the molecule is Cc1cc(C)cc(CSc2ccc(C(C)N)nc2)c1. The van der Waals surface area contributed by atoms with Crippen LogP contribution in [0.2, 0.25) is 0 Å². The smallest absolute Gasteiger partial charge is 0.0569 e. The number of hydrogen-bond acceptors (Lipinski definition) is 3. The monoisotopic (exact) mass is 272 g/mol. The molecule has 2 aromatic rings. The topological polar surface area (TPSA) is 38.9 Å². The summed E-state index contributed by atoms with van der Waals surface area (Å²) in [5.41, 5.74) is 10.7. The van der Waals surface area contributed by atoms with E-state index in [1.807, 2.05) is 30.9 Å². The van der Waals surface area contributed by atoms with E-state index in [4.69, 9.17) is 5.73 Å². The molecule has 3 heteroatoms. The summed E-state index contributed by atoms with van der Waals surface area (Å²) in [5.74, 6) is 0.974. The number of thioether (sulfide) groups is 1. The molecular formula is C16H20N2S. The van der Waals surface area contributed by atoms with Crippen molar-refractivity contribution in [1.82, 2.24) is 4.98 Å². The zero-order valence-electron chi connectivity index (χ0n) is 11.7. The molecule has 0 amide bonds. The third-order valence-electron chi connectivity index (χ3n) is 2.91. The highest BCUT2D eigenvalue weighted by molar-refractivity contribution is 7.98. The molecule has 0 bridgehead atoms. The van der Waals surface area contributed by atoms with Gasteiger partial charge in [-0.1, -0.05) is 29.3 Å². The van der Waals surface area contributed by atoms with E-state index in [1.54, 1.807) is 0 Å². The van der Waals surface area contributed by atoms with Crippen molar-refractivity contribution in [3.63, 3.8) is 0 Å². The molecule has 0 fully saturated rings. The van der Waals surface area contributed by atoms with Crippen molar-refractivity contribution < 1.29 is 0 Å². The van der Waals surface area contributed by atoms with Crippen LogP contribution in [-0.4, -0.2) is 4.98 Å². The van der Waals surface area contributed by atoms with Gasteiger partial charge in [-0.25, -0.2) is 0 Å². The molecule has 2 nitrogen and oxygen atoms in total. The van der Waals surface area contributed by atoms with Crippen molar-refractivity contribution in [2.75, 3.05) is 0 Å². The van der Waals surface area contributed by atoms with E-state index in [1.165, 1.54) is 21.6 Å². The van der Waals surface area contributed by atoms with Gasteiger partial charge < -0.3 is 5.73 Å². The van der Waals surface area contributed by atoms with Gasteiger partial charge in [-0.15, -0.1) is 11.8 Å². The summed E-state index contributed by atoms with van der Waals surface area (Å²) in [4.78, 5) is 5.56. The minimum Gasteiger partial charge on any atom is -0.323 e. The summed E-state index contributed by atoms with van der Waals surface area (Å²) in [6.45, 7) is 6.23. The summed E-state index contributed by atoms with van der Waals surface area (Å²) in [7, 11) is 0. The Balaban J connectivity index is 2.02. The van der Waals surface area contributed by atoms with Crippen molar-refractivity contribution in [3.05, 3.63) is 58.9 Å². The van der Waals surface area contributed by atoms with E-state index in [0.717, 1.165) is 11.4 Å². The van der Waals surface area contributed by atoms with Gasteiger partial charge in [0, 0.05) is 22.9 Å². The highest BCUT2D eigenvalue weighted by atomic mass is 32.2. The van der Waals surface area contributed by atoms with Crippen LogP contribution in [0.5, 0.6) is 0 Å². The van der Waals surface area contributed by atoms with Gasteiger partial charge in [0.1, 0.15) is 0 Å². The Kier molecular flexibility index (Phi) is 4.61. The Morgan fingerprint density at radius 2 is 1.84 bits per heavy atom. The van der Waals surface area contributed by atoms with Gasteiger partial charge in [0.25, 0.3) is 0 Å². The fraction of sp³-hybridized carbons (Fsp3) is 0.312. The molecule has 0 radical (unpaired) electrons. The number of aromatic nitrogens is 1. The van der Waals surface area contributed by atoms with Crippen LogP contribution in [0.1, 0.15) is 35.3 Å². The van der Waals surface area contributed by atoms with Crippen molar-refractivity contribution in [2.24, 2.45) is 5.73 Å². The maximum Gasteiger partial charge on any atom is 0.0569 e. The lowest BCUT2D eigenvalue weighted by Gasteiger charge is -2.07. The third kappa shape index (κ3) is 4.08. The summed E-state index contributed by atoms with van der Waals surface area (Å²) in [5, 5.41) is 0. The van der Waals surface area contributed by atoms with Crippen LogP contribution in [-0.2, 0) is 5.75 Å².